The highest BCUT2D eigenvalue weighted by Crippen LogP contribution is 2.42. The Bertz CT molecular complexity index is 487. The van der Waals surface area contributed by atoms with E-state index in [-0.39, 0.29) is 17.7 Å². The van der Waals surface area contributed by atoms with Crippen LogP contribution in [0.2, 0.25) is 0 Å². The number of nitrogens with one attached hydrogen (secondary N) is 1. The van der Waals surface area contributed by atoms with Gasteiger partial charge in [-0.2, -0.15) is 0 Å². The maximum atomic E-state index is 12.3. The zero-order chi connectivity index (χ0) is 12.7. The molecular weight excluding hydrogens is 228 g/mol. The highest BCUT2D eigenvalue weighted by molar-refractivity contribution is 5.98. The van der Waals surface area contributed by atoms with Crippen LogP contribution in [0.15, 0.2) is 18.2 Å². The molecule has 0 aromatic heterocycles. The lowest BCUT2D eigenvalue weighted by Crippen LogP contribution is -2.47. The van der Waals surface area contributed by atoms with E-state index in [1.165, 1.54) is 5.56 Å². The summed E-state index contributed by atoms with van der Waals surface area (Å²) in [4.78, 5) is 14.1. The summed E-state index contributed by atoms with van der Waals surface area (Å²) < 4.78 is 5.30. The average molecular weight is 246 g/mol. The van der Waals surface area contributed by atoms with Crippen molar-refractivity contribution >= 4 is 11.6 Å². The Hall–Kier alpha value is -1.55. The number of carbonyl (C=O) groups is 1. The molecule has 18 heavy (non-hydrogen) atoms. The molecule has 96 valence electrons. The second-order valence-corrected chi connectivity index (χ2v) is 5.03. The molecule has 1 fully saturated rings. The molecule has 3 rings (SSSR count). The summed E-state index contributed by atoms with van der Waals surface area (Å²) >= 11 is 0. The predicted molar refractivity (Wildman–Crippen MR) is 70.1 cm³/mol. The molecular formula is C14H18N2O2. The molecule has 2 aliphatic rings. The normalized spacial score (nSPS) is 26.6. The molecule has 1 aromatic rings. The standard InChI is InChI=1S/C14H18N2O2/c1-16-13-4-3-9(18-2)7-11(13)12-8-15-6-5-10(12)14(16)17/h3-4,7,10,12,15H,5-6,8H2,1-2H3. The van der Waals surface area contributed by atoms with E-state index in [2.05, 4.69) is 11.4 Å². The Morgan fingerprint density at radius 1 is 1.39 bits per heavy atom. The highest BCUT2D eigenvalue weighted by Gasteiger charge is 2.40. The van der Waals surface area contributed by atoms with Crippen LogP contribution in [-0.4, -0.2) is 33.2 Å². The fourth-order valence-electron chi connectivity index (χ4n) is 3.11. The molecule has 1 N–H and O–H groups in total. The Morgan fingerprint density at radius 2 is 2.22 bits per heavy atom. The largest absolute Gasteiger partial charge is 0.497 e. The summed E-state index contributed by atoms with van der Waals surface area (Å²) in [6.45, 7) is 1.81. The molecule has 1 saturated heterocycles. The van der Waals surface area contributed by atoms with E-state index in [0.717, 1.165) is 30.9 Å². The highest BCUT2D eigenvalue weighted by atomic mass is 16.5. The van der Waals surface area contributed by atoms with Crippen LogP contribution < -0.4 is 15.0 Å². The first kappa shape index (κ1) is 11.5. The number of benzene rings is 1. The van der Waals surface area contributed by atoms with Gasteiger partial charge in [0.05, 0.1) is 7.11 Å². The summed E-state index contributed by atoms with van der Waals surface area (Å²) in [5.41, 5.74) is 2.25. The topological polar surface area (TPSA) is 41.6 Å². The lowest BCUT2D eigenvalue weighted by Gasteiger charge is -2.40. The second kappa shape index (κ2) is 4.28. The van der Waals surface area contributed by atoms with Gasteiger partial charge in [-0.05, 0) is 36.7 Å². The summed E-state index contributed by atoms with van der Waals surface area (Å²) in [5, 5.41) is 3.39. The van der Waals surface area contributed by atoms with E-state index in [0.29, 0.717) is 0 Å². The monoisotopic (exact) mass is 246 g/mol. The molecule has 1 amide bonds. The number of piperidine rings is 1. The Labute approximate surface area is 107 Å². The van der Waals surface area contributed by atoms with E-state index >= 15 is 0 Å². The van der Waals surface area contributed by atoms with Crippen LogP contribution in [0, 0.1) is 5.92 Å². The maximum absolute atomic E-state index is 12.3. The molecule has 0 radical (unpaired) electrons. The maximum Gasteiger partial charge on any atom is 0.230 e. The summed E-state index contributed by atoms with van der Waals surface area (Å²) in [7, 11) is 3.54. The van der Waals surface area contributed by atoms with Crippen LogP contribution >= 0.6 is 0 Å². The quantitative estimate of drug-likeness (QED) is 0.813. The molecule has 2 unspecified atom stereocenters. The van der Waals surface area contributed by atoms with Crippen molar-refractivity contribution in [1.82, 2.24) is 5.32 Å². The molecule has 4 nitrogen and oxygen atoms in total. The molecule has 0 saturated carbocycles. The second-order valence-electron chi connectivity index (χ2n) is 5.03. The first-order valence-electron chi connectivity index (χ1n) is 6.38. The van der Waals surface area contributed by atoms with E-state index in [4.69, 9.17) is 4.74 Å². The van der Waals surface area contributed by atoms with E-state index in [1.807, 2.05) is 19.2 Å². The Kier molecular flexibility index (Phi) is 2.74. The summed E-state index contributed by atoms with van der Waals surface area (Å²) in [5.74, 6) is 1.52. The van der Waals surface area contributed by atoms with Gasteiger partial charge in [0.2, 0.25) is 5.91 Å². The fraction of sp³-hybridized carbons (Fsp3) is 0.500. The minimum atomic E-state index is 0.121. The van der Waals surface area contributed by atoms with Crippen molar-refractivity contribution in [3.05, 3.63) is 23.8 Å². The van der Waals surface area contributed by atoms with Crippen molar-refractivity contribution in [3.8, 4) is 5.75 Å². The number of carbonyl (C=O) groups excluding carboxylic acids is 1. The molecule has 0 aliphatic carbocycles. The Balaban J connectivity index is 2.10. The van der Waals surface area contributed by atoms with E-state index in [9.17, 15) is 4.79 Å². The Morgan fingerprint density at radius 3 is 3.00 bits per heavy atom. The molecule has 0 bridgehead atoms. The van der Waals surface area contributed by atoms with Crippen LogP contribution in [0.3, 0.4) is 0 Å². The summed E-state index contributed by atoms with van der Waals surface area (Å²) in [6, 6.07) is 5.97. The van der Waals surface area contributed by atoms with Gasteiger partial charge in [0, 0.05) is 31.1 Å². The number of ether oxygens (including phenoxy) is 1. The fourth-order valence-corrected chi connectivity index (χ4v) is 3.11. The van der Waals surface area contributed by atoms with Crippen molar-refractivity contribution in [2.24, 2.45) is 5.92 Å². The third-order valence-electron chi connectivity index (χ3n) is 4.13. The van der Waals surface area contributed by atoms with E-state index in [1.54, 1.807) is 12.0 Å². The van der Waals surface area contributed by atoms with Crippen molar-refractivity contribution in [2.75, 3.05) is 32.1 Å². The van der Waals surface area contributed by atoms with Gasteiger partial charge < -0.3 is 15.0 Å². The number of anilines is 1. The smallest absolute Gasteiger partial charge is 0.230 e. The molecule has 4 heteroatoms. The lowest BCUT2D eigenvalue weighted by molar-refractivity contribution is -0.123. The molecule has 2 heterocycles. The number of amides is 1. The number of nitrogens with zero attached hydrogens (tertiary/aromatic N) is 1. The van der Waals surface area contributed by atoms with Crippen molar-refractivity contribution in [1.29, 1.82) is 0 Å². The molecule has 2 aliphatic heterocycles. The zero-order valence-corrected chi connectivity index (χ0v) is 10.8. The predicted octanol–water partition coefficient (Wildman–Crippen LogP) is 1.36. The average Bonchev–Trinajstić information content (AvgIpc) is 2.44. The molecule has 0 spiro atoms. The number of rotatable bonds is 1. The van der Waals surface area contributed by atoms with Crippen LogP contribution in [0.1, 0.15) is 17.9 Å². The van der Waals surface area contributed by atoms with Gasteiger partial charge in [0.25, 0.3) is 0 Å². The number of hydrogen-bond donors (Lipinski definition) is 1. The van der Waals surface area contributed by atoms with Gasteiger partial charge in [-0.15, -0.1) is 0 Å². The van der Waals surface area contributed by atoms with Crippen LogP contribution in [0.5, 0.6) is 5.75 Å². The third kappa shape index (κ3) is 1.60. The van der Waals surface area contributed by atoms with Crippen LogP contribution in [0.25, 0.3) is 0 Å². The van der Waals surface area contributed by atoms with Gasteiger partial charge in [-0.1, -0.05) is 0 Å². The number of hydrogen-bond acceptors (Lipinski definition) is 3. The van der Waals surface area contributed by atoms with Gasteiger partial charge >= 0.3 is 0 Å². The van der Waals surface area contributed by atoms with Gasteiger partial charge in [-0.25, -0.2) is 0 Å². The van der Waals surface area contributed by atoms with Crippen molar-refractivity contribution in [3.63, 3.8) is 0 Å². The third-order valence-corrected chi connectivity index (χ3v) is 4.13. The zero-order valence-electron chi connectivity index (χ0n) is 10.8. The van der Waals surface area contributed by atoms with Crippen molar-refractivity contribution < 1.29 is 9.53 Å². The molecule has 1 aromatic carbocycles. The minimum Gasteiger partial charge on any atom is -0.497 e. The number of methoxy groups -OCH3 is 1. The first-order valence-corrected chi connectivity index (χ1v) is 6.38. The first-order chi connectivity index (χ1) is 8.72. The van der Waals surface area contributed by atoms with Gasteiger partial charge in [0.15, 0.2) is 0 Å². The van der Waals surface area contributed by atoms with Crippen LogP contribution in [-0.2, 0) is 4.79 Å². The van der Waals surface area contributed by atoms with Crippen molar-refractivity contribution in [2.45, 2.75) is 12.3 Å². The molecule has 2 atom stereocenters. The SMILES string of the molecule is COc1ccc2c(c1)C1CNCCC1C(=O)N2C. The van der Waals surface area contributed by atoms with Crippen LogP contribution in [0.4, 0.5) is 5.69 Å². The number of fused-ring (bicyclic) bond motifs is 3. The van der Waals surface area contributed by atoms with Gasteiger partial charge in [0.1, 0.15) is 5.75 Å². The van der Waals surface area contributed by atoms with Gasteiger partial charge in [-0.3, -0.25) is 4.79 Å². The lowest BCUT2D eigenvalue weighted by atomic mass is 9.77. The van der Waals surface area contributed by atoms with E-state index < -0.39 is 0 Å². The minimum absolute atomic E-state index is 0.121. The summed E-state index contributed by atoms with van der Waals surface area (Å²) in [6.07, 6.45) is 0.921.